The Morgan fingerprint density at radius 2 is 1.34 bits per heavy atom. The number of quaternary nitrogens is 1. The molecule has 0 aliphatic rings. The van der Waals surface area contributed by atoms with Crippen LogP contribution in [0.15, 0.2) is 48.5 Å². The first-order valence-electron chi connectivity index (χ1n) is 13.4. The molecule has 0 bridgehead atoms. The van der Waals surface area contributed by atoms with Crippen LogP contribution < -0.4 is 38.7 Å². The SMILES string of the molecule is COc1ccc(CCC[N+](C)(CCCc2ccc(OC)cc2)CC(C)(C)NC(=O)c2nc(Cl)c(N)nc2N)cc1.[Cl-]. The van der Waals surface area contributed by atoms with Gasteiger partial charge in [0.05, 0.1) is 39.9 Å². The van der Waals surface area contributed by atoms with Crippen molar-refractivity contribution >= 4 is 29.1 Å². The first-order chi connectivity index (χ1) is 18.9. The highest BCUT2D eigenvalue weighted by Gasteiger charge is 2.34. The predicted octanol–water partition coefficient (Wildman–Crippen LogP) is 1.54. The summed E-state index contributed by atoms with van der Waals surface area (Å²) in [7, 11) is 5.60. The van der Waals surface area contributed by atoms with Crippen LogP contribution in [0.25, 0.3) is 0 Å². The largest absolute Gasteiger partial charge is 1.00 e. The van der Waals surface area contributed by atoms with Gasteiger partial charge in [0.2, 0.25) is 0 Å². The fourth-order valence-electron chi connectivity index (χ4n) is 5.15. The summed E-state index contributed by atoms with van der Waals surface area (Å²) in [5, 5.41) is 3.05. The van der Waals surface area contributed by atoms with Gasteiger partial charge in [-0.25, -0.2) is 9.97 Å². The van der Waals surface area contributed by atoms with Crippen LogP contribution >= 0.6 is 11.6 Å². The van der Waals surface area contributed by atoms with E-state index in [1.165, 1.54) is 11.1 Å². The number of methoxy groups -OCH3 is 2. The quantitative estimate of drug-likeness (QED) is 0.238. The average Bonchev–Trinajstić information content (AvgIpc) is 2.90. The molecular weight excluding hydrogens is 563 g/mol. The van der Waals surface area contributed by atoms with Crippen LogP contribution in [-0.4, -0.2) is 66.8 Å². The average molecular weight is 606 g/mol. The number of amides is 1. The molecule has 0 aliphatic carbocycles. The number of halogens is 2. The van der Waals surface area contributed by atoms with Crippen LogP contribution in [-0.2, 0) is 12.8 Å². The third kappa shape index (κ3) is 10.3. The molecule has 0 saturated heterocycles. The Labute approximate surface area is 254 Å². The van der Waals surface area contributed by atoms with E-state index in [1.807, 2.05) is 38.1 Å². The number of aryl methyl sites for hydroxylation is 2. The molecule has 1 heterocycles. The Morgan fingerprint density at radius 3 is 1.78 bits per heavy atom. The van der Waals surface area contributed by atoms with Crippen LogP contribution in [0.1, 0.15) is 48.3 Å². The zero-order valence-electron chi connectivity index (χ0n) is 24.5. The van der Waals surface area contributed by atoms with E-state index in [0.717, 1.165) is 54.8 Å². The predicted molar refractivity (Wildman–Crippen MR) is 161 cm³/mol. The summed E-state index contributed by atoms with van der Waals surface area (Å²) in [5.41, 5.74) is 13.5. The summed E-state index contributed by atoms with van der Waals surface area (Å²) >= 11 is 6.01. The van der Waals surface area contributed by atoms with Crippen LogP contribution in [0, 0.1) is 0 Å². The molecule has 0 unspecified atom stereocenters. The van der Waals surface area contributed by atoms with Gasteiger partial charge in [-0.1, -0.05) is 35.9 Å². The number of ether oxygens (including phenoxy) is 2. The van der Waals surface area contributed by atoms with Crippen molar-refractivity contribution in [3.63, 3.8) is 0 Å². The van der Waals surface area contributed by atoms with E-state index in [-0.39, 0.29) is 34.9 Å². The van der Waals surface area contributed by atoms with E-state index in [9.17, 15) is 4.79 Å². The fraction of sp³-hybridized carbons (Fsp3) is 0.433. The number of nitrogen functional groups attached to an aromatic ring is 2. The molecule has 0 aliphatic heterocycles. The van der Waals surface area contributed by atoms with Crippen LogP contribution in [0.4, 0.5) is 11.6 Å². The second kappa shape index (κ2) is 15.1. The van der Waals surface area contributed by atoms with Crippen molar-refractivity contribution in [2.75, 3.05) is 52.4 Å². The molecule has 224 valence electrons. The lowest BCUT2D eigenvalue weighted by Gasteiger charge is -2.41. The minimum Gasteiger partial charge on any atom is -1.00 e. The maximum absolute atomic E-state index is 13.1. The Morgan fingerprint density at radius 1 is 0.878 bits per heavy atom. The van der Waals surface area contributed by atoms with Gasteiger partial charge < -0.3 is 43.1 Å². The number of nitrogens with zero attached hydrogens (tertiary/aromatic N) is 3. The second-order valence-electron chi connectivity index (χ2n) is 11.1. The van der Waals surface area contributed by atoms with Gasteiger partial charge in [0.25, 0.3) is 5.91 Å². The summed E-state index contributed by atoms with van der Waals surface area (Å²) < 4.78 is 11.4. The van der Waals surface area contributed by atoms with E-state index in [1.54, 1.807) is 14.2 Å². The molecule has 3 aromatic rings. The lowest BCUT2D eigenvalue weighted by atomic mass is 10.0. The van der Waals surface area contributed by atoms with E-state index in [4.69, 9.17) is 32.5 Å². The number of carbonyl (C=O) groups is 1. The highest BCUT2D eigenvalue weighted by molar-refractivity contribution is 6.31. The van der Waals surface area contributed by atoms with Crippen LogP contribution in [0.5, 0.6) is 11.5 Å². The zero-order valence-corrected chi connectivity index (χ0v) is 26.1. The number of carbonyl (C=O) groups excluding carboxylic acids is 1. The highest BCUT2D eigenvalue weighted by atomic mass is 35.5. The zero-order chi connectivity index (χ0) is 29.3. The first kappa shape index (κ1) is 33.9. The van der Waals surface area contributed by atoms with Gasteiger partial charge in [-0.15, -0.1) is 0 Å². The van der Waals surface area contributed by atoms with Gasteiger partial charge in [-0.2, -0.15) is 0 Å². The highest BCUT2D eigenvalue weighted by Crippen LogP contribution is 2.21. The Bertz CT molecular complexity index is 1220. The minimum atomic E-state index is -0.561. The molecule has 11 heteroatoms. The Kier molecular flexibility index (Phi) is 12.5. The van der Waals surface area contributed by atoms with Gasteiger partial charge in [0, 0.05) is 12.8 Å². The van der Waals surface area contributed by atoms with Crippen molar-refractivity contribution < 1.29 is 31.2 Å². The van der Waals surface area contributed by atoms with Gasteiger partial charge in [-0.05, 0) is 62.1 Å². The molecule has 2 aromatic carbocycles. The van der Waals surface area contributed by atoms with Gasteiger partial charge in [0.15, 0.2) is 22.5 Å². The van der Waals surface area contributed by atoms with Crippen LogP contribution in [0.2, 0.25) is 5.15 Å². The standard InChI is InChI=1S/C30H41ClN6O3.ClH/c1-30(2,36-29(38)25-27(32)35-28(33)26(31)34-25)20-37(3,18-6-8-21-10-14-23(39-4)15-11-21)19-7-9-22-12-16-24(40-5)17-13-22;/h10-17H,6-9,18-20H2,1-5H3,(H4-,32,33,35,36,38);1H. The number of rotatable bonds is 14. The number of hydrogen-bond donors (Lipinski definition) is 3. The second-order valence-corrected chi connectivity index (χ2v) is 11.5. The number of anilines is 2. The first-order valence-corrected chi connectivity index (χ1v) is 13.8. The maximum atomic E-state index is 13.1. The third-order valence-corrected chi connectivity index (χ3v) is 7.27. The minimum absolute atomic E-state index is 0. The summed E-state index contributed by atoms with van der Waals surface area (Å²) in [6, 6.07) is 16.4. The van der Waals surface area contributed by atoms with E-state index in [2.05, 4.69) is 46.6 Å². The van der Waals surface area contributed by atoms with Crippen molar-refractivity contribution in [1.82, 2.24) is 15.3 Å². The summed E-state index contributed by atoms with van der Waals surface area (Å²) in [6.45, 7) is 6.63. The third-order valence-electron chi connectivity index (χ3n) is 6.99. The molecule has 1 aromatic heterocycles. The molecule has 5 N–H and O–H groups in total. The molecule has 0 radical (unpaired) electrons. The van der Waals surface area contributed by atoms with Crippen LogP contribution in [0.3, 0.4) is 0 Å². The smallest absolute Gasteiger partial charge is 0.274 e. The fourth-order valence-corrected chi connectivity index (χ4v) is 5.28. The van der Waals surface area contributed by atoms with Gasteiger partial charge in [0.1, 0.15) is 18.0 Å². The number of hydrogen-bond acceptors (Lipinski definition) is 7. The number of likely N-dealkylation sites (N-methyl/N-ethyl adjacent to an activating group) is 1. The summed E-state index contributed by atoms with van der Waals surface area (Å²) in [4.78, 5) is 21.1. The number of aromatic nitrogens is 2. The molecule has 41 heavy (non-hydrogen) atoms. The van der Waals surface area contributed by atoms with Gasteiger partial charge in [-0.3, -0.25) is 4.79 Å². The lowest BCUT2D eigenvalue weighted by Crippen LogP contribution is -3.00. The van der Waals surface area contributed by atoms with E-state index >= 15 is 0 Å². The van der Waals surface area contributed by atoms with Crippen molar-refractivity contribution in [1.29, 1.82) is 0 Å². The molecule has 0 spiro atoms. The van der Waals surface area contributed by atoms with Crippen molar-refractivity contribution in [3.8, 4) is 11.5 Å². The summed E-state index contributed by atoms with van der Waals surface area (Å²) in [5.74, 6) is 1.22. The Balaban J connectivity index is 0.00000588. The number of benzene rings is 2. The monoisotopic (exact) mass is 604 g/mol. The van der Waals surface area contributed by atoms with E-state index < -0.39 is 11.4 Å². The molecule has 3 rings (SSSR count). The topological polar surface area (TPSA) is 125 Å². The Hall–Kier alpha value is -3.27. The van der Waals surface area contributed by atoms with Crippen molar-refractivity contribution in [2.45, 2.75) is 45.1 Å². The normalized spacial score (nSPS) is 11.5. The number of nitrogens with one attached hydrogen (secondary N) is 1. The molecule has 9 nitrogen and oxygen atoms in total. The van der Waals surface area contributed by atoms with Crippen molar-refractivity contribution in [3.05, 3.63) is 70.5 Å². The molecule has 0 fully saturated rings. The van der Waals surface area contributed by atoms with Gasteiger partial charge >= 0.3 is 0 Å². The van der Waals surface area contributed by atoms with E-state index in [0.29, 0.717) is 6.54 Å². The molecule has 0 saturated carbocycles. The van der Waals surface area contributed by atoms with Crippen molar-refractivity contribution in [2.24, 2.45) is 0 Å². The molecule has 0 atom stereocenters. The molecular formula is C30H42Cl2N6O3. The molecule has 1 amide bonds. The summed E-state index contributed by atoms with van der Waals surface area (Å²) in [6.07, 6.45) is 3.92. The maximum Gasteiger partial charge on any atom is 0.274 e. The lowest BCUT2D eigenvalue weighted by molar-refractivity contribution is -0.913. The number of nitrogens with two attached hydrogens (primary N) is 2.